The summed E-state index contributed by atoms with van der Waals surface area (Å²) in [5, 5.41) is 3.58. The van der Waals surface area contributed by atoms with Crippen LogP contribution in [0.4, 0.5) is 13.2 Å². The minimum atomic E-state index is -4.51. The second kappa shape index (κ2) is 6.32. The van der Waals surface area contributed by atoms with Crippen molar-refractivity contribution in [2.75, 3.05) is 6.54 Å². The molecule has 2 aromatic rings. The molecule has 0 bridgehead atoms. The second-order valence-corrected chi connectivity index (χ2v) is 9.11. The van der Waals surface area contributed by atoms with Gasteiger partial charge in [-0.25, -0.2) is 13.1 Å². The van der Waals surface area contributed by atoms with Crippen LogP contribution in [0.3, 0.4) is 0 Å². The Morgan fingerprint density at radius 2 is 2.08 bits per heavy atom. The van der Waals surface area contributed by atoms with Gasteiger partial charge in [-0.3, -0.25) is 4.68 Å². The highest BCUT2D eigenvalue weighted by Gasteiger charge is 2.37. The lowest BCUT2D eigenvalue weighted by molar-refractivity contribution is -0.141. The Hall–Kier alpha value is -1.10. The molecule has 0 aromatic carbocycles. The Labute approximate surface area is 145 Å². The predicted octanol–water partition coefficient (Wildman–Crippen LogP) is 3.47. The zero-order valence-electron chi connectivity index (χ0n) is 12.2. The fraction of sp³-hybridized carbons (Fsp3) is 0.462. The molecule has 0 unspecified atom stereocenters. The van der Waals surface area contributed by atoms with Gasteiger partial charge in [-0.1, -0.05) is 11.6 Å². The number of sulfonamides is 1. The van der Waals surface area contributed by atoms with E-state index in [0.29, 0.717) is 10.0 Å². The predicted molar refractivity (Wildman–Crippen MR) is 83.7 cm³/mol. The van der Waals surface area contributed by atoms with Crippen molar-refractivity contribution >= 4 is 33.0 Å². The maximum atomic E-state index is 12.8. The molecule has 0 aliphatic heterocycles. The first kappa shape index (κ1) is 17.7. The summed E-state index contributed by atoms with van der Waals surface area (Å²) in [5.41, 5.74) is -0.446. The normalized spacial score (nSPS) is 15.8. The Morgan fingerprint density at radius 3 is 2.62 bits per heavy atom. The molecule has 2 heterocycles. The first-order chi connectivity index (χ1) is 11.2. The number of aromatic nitrogens is 2. The van der Waals surface area contributed by atoms with Crippen LogP contribution in [0.5, 0.6) is 0 Å². The van der Waals surface area contributed by atoms with E-state index in [1.165, 1.54) is 16.8 Å². The highest BCUT2D eigenvalue weighted by Crippen LogP contribution is 2.42. The maximum absolute atomic E-state index is 12.8. The van der Waals surface area contributed by atoms with Crippen molar-refractivity contribution in [3.05, 3.63) is 33.9 Å². The number of halogens is 4. The van der Waals surface area contributed by atoms with Crippen LogP contribution in [-0.2, 0) is 22.7 Å². The molecular weight excluding hydrogens is 387 g/mol. The molecule has 0 spiro atoms. The maximum Gasteiger partial charge on any atom is 0.435 e. The van der Waals surface area contributed by atoms with E-state index in [9.17, 15) is 21.6 Å². The number of hydrogen-bond donors (Lipinski definition) is 1. The van der Waals surface area contributed by atoms with E-state index >= 15 is 0 Å². The van der Waals surface area contributed by atoms with Crippen LogP contribution in [0.25, 0.3) is 0 Å². The average molecular weight is 400 g/mol. The quantitative estimate of drug-likeness (QED) is 0.808. The average Bonchev–Trinajstić information content (AvgIpc) is 3.05. The van der Waals surface area contributed by atoms with Crippen LogP contribution in [0.15, 0.2) is 22.4 Å². The molecule has 1 aliphatic carbocycles. The highest BCUT2D eigenvalue weighted by molar-refractivity contribution is 7.91. The van der Waals surface area contributed by atoms with Crippen molar-refractivity contribution in [1.29, 1.82) is 0 Å². The fourth-order valence-corrected chi connectivity index (χ4v) is 4.80. The number of hydrogen-bond acceptors (Lipinski definition) is 4. The highest BCUT2D eigenvalue weighted by atomic mass is 35.5. The van der Waals surface area contributed by atoms with Gasteiger partial charge in [0, 0.05) is 18.2 Å². The standard InChI is InChI=1S/C13H13ClF3N3O2S2/c14-11-3-4-12(23-11)24(21,22)18-5-6-20-9(8-1-2-8)7-10(19-20)13(15,16)17/h3-4,7-8,18H,1-2,5-6H2. The number of nitrogens with one attached hydrogen (secondary N) is 1. The van der Waals surface area contributed by atoms with Gasteiger partial charge < -0.3 is 0 Å². The van der Waals surface area contributed by atoms with Crippen LogP contribution >= 0.6 is 22.9 Å². The summed E-state index contributed by atoms with van der Waals surface area (Å²) in [7, 11) is -3.73. The Kier molecular flexibility index (Phi) is 4.67. The van der Waals surface area contributed by atoms with E-state index in [1.54, 1.807) is 0 Å². The van der Waals surface area contributed by atoms with E-state index in [-0.39, 0.29) is 23.2 Å². The zero-order chi connectivity index (χ0) is 17.5. The summed E-state index contributed by atoms with van der Waals surface area (Å²) < 4.78 is 66.5. The van der Waals surface area contributed by atoms with Crippen molar-refractivity contribution in [2.45, 2.75) is 35.7 Å². The third-order valence-electron chi connectivity index (χ3n) is 3.53. The number of nitrogens with zero attached hydrogens (tertiary/aromatic N) is 2. The van der Waals surface area contributed by atoms with Crippen molar-refractivity contribution in [3.63, 3.8) is 0 Å². The molecule has 1 fully saturated rings. The molecule has 1 aliphatic rings. The molecule has 5 nitrogen and oxygen atoms in total. The summed E-state index contributed by atoms with van der Waals surface area (Å²) in [6.07, 6.45) is -2.87. The van der Waals surface area contributed by atoms with Crippen LogP contribution in [0.1, 0.15) is 30.1 Å². The lowest BCUT2D eigenvalue weighted by Gasteiger charge is -2.08. The molecule has 11 heteroatoms. The fourth-order valence-electron chi connectivity index (χ4n) is 2.26. The third kappa shape index (κ3) is 3.93. The van der Waals surface area contributed by atoms with Gasteiger partial charge in [-0.05, 0) is 31.0 Å². The van der Waals surface area contributed by atoms with E-state index in [4.69, 9.17) is 11.6 Å². The molecule has 132 valence electrons. The minimum absolute atomic E-state index is 0.0280. The van der Waals surface area contributed by atoms with Crippen LogP contribution < -0.4 is 4.72 Å². The molecule has 24 heavy (non-hydrogen) atoms. The van der Waals surface area contributed by atoms with Gasteiger partial charge in [0.2, 0.25) is 10.0 Å². The van der Waals surface area contributed by atoms with Crippen LogP contribution in [-0.4, -0.2) is 24.7 Å². The minimum Gasteiger partial charge on any atom is -0.267 e. The van der Waals surface area contributed by atoms with Gasteiger partial charge in [-0.15, -0.1) is 11.3 Å². The van der Waals surface area contributed by atoms with E-state index in [1.807, 2.05) is 0 Å². The van der Waals surface area contributed by atoms with Gasteiger partial charge in [0.1, 0.15) is 4.21 Å². The SMILES string of the molecule is O=S(=O)(NCCn1nc(C(F)(F)F)cc1C1CC1)c1ccc(Cl)s1. The molecule has 0 radical (unpaired) electrons. The second-order valence-electron chi connectivity index (χ2n) is 5.41. The van der Waals surface area contributed by atoms with Crippen molar-refractivity contribution < 1.29 is 21.6 Å². The number of alkyl halides is 3. The Balaban J connectivity index is 1.69. The summed E-state index contributed by atoms with van der Waals surface area (Å²) in [4.78, 5) is 0. The van der Waals surface area contributed by atoms with Crippen LogP contribution in [0, 0.1) is 0 Å². The largest absolute Gasteiger partial charge is 0.435 e. The lowest BCUT2D eigenvalue weighted by Crippen LogP contribution is -2.27. The topological polar surface area (TPSA) is 64.0 Å². The Morgan fingerprint density at radius 1 is 1.38 bits per heavy atom. The first-order valence-corrected chi connectivity index (χ1v) is 9.74. The van der Waals surface area contributed by atoms with E-state index in [0.717, 1.165) is 30.2 Å². The molecule has 2 aromatic heterocycles. The van der Waals surface area contributed by atoms with Crippen molar-refractivity contribution in [3.8, 4) is 0 Å². The van der Waals surface area contributed by atoms with Crippen molar-refractivity contribution in [2.24, 2.45) is 0 Å². The van der Waals surface area contributed by atoms with Crippen LogP contribution in [0.2, 0.25) is 4.34 Å². The van der Waals surface area contributed by atoms with Crippen molar-refractivity contribution in [1.82, 2.24) is 14.5 Å². The number of rotatable bonds is 6. The molecule has 0 amide bonds. The third-order valence-corrected chi connectivity index (χ3v) is 6.71. The number of thiophene rings is 1. The summed E-state index contributed by atoms with van der Waals surface area (Å²) in [6.45, 7) is -0.0310. The molecular formula is C13H13ClF3N3O2S2. The van der Waals surface area contributed by atoms with Gasteiger partial charge in [0.15, 0.2) is 5.69 Å². The summed E-state index contributed by atoms with van der Waals surface area (Å²) in [5.74, 6) is 0.0707. The zero-order valence-corrected chi connectivity index (χ0v) is 14.6. The van der Waals surface area contributed by atoms with Gasteiger partial charge in [0.25, 0.3) is 0 Å². The monoisotopic (exact) mass is 399 g/mol. The molecule has 0 saturated heterocycles. The van der Waals surface area contributed by atoms with E-state index in [2.05, 4.69) is 9.82 Å². The van der Waals surface area contributed by atoms with Gasteiger partial charge in [-0.2, -0.15) is 18.3 Å². The van der Waals surface area contributed by atoms with Gasteiger partial charge in [0.05, 0.1) is 10.9 Å². The smallest absolute Gasteiger partial charge is 0.267 e. The Bertz CT molecular complexity index is 841. The summed E-state index contributed by atoms with van der Waals surface area (Å²) in [6, 6.07) is 3.89. The molecule has 0 atom stereocenters. The molecule has 1 N–H and O–H groups in total. The lowest BCUT2D eigenvalue weighted by atomic mass is 10.2. The molecule has 3 rings (SSSR count). The van der Waals surface area contributed by atoms with Gasteiger partial charge >= 0.3 is 6.18 Å². The summed E-state index contributed by atoms with van der Waals surface area (Å²) >= 11 is 6.62. The van der Waals surface area contributed by atoms with E-state index < -0.39 is 21.9 Å². The molecule has 1 saturated carbocycles. The first-order valence-electron chi connectivity index (χ1n) is 7.07.